The van der Waals surface area contributed by atoms with Crippen molar-refractivity contribution in [1.82, 2.24) is 4.98 Å². The van der Waals surface area contributed by atoms with Crippen LogP contribution < -0.4 is 4.90 Å². The van der Waals surface area contributed by atoms with Gasteiger partial charge in [-0.05, 0) is 68.3 Å². The van der Waals surface area contributed by atoms with Gasteiger partial charge in [0.25, 0.3) is 11.7 Å². The number of anilines is 1. The van der Waals surface area contributed by atoms with E-state index in [4.69, 9.17) is 4.42 Å². The highest BCUT2D eigenvalue weighted by Gasteiger charge is 2.48. The van der Waals surface area contributed by atoms with E-state index in [9.17, 15) is 14.7 Å². The molecule has 1 amide bonds. The summed E-state index contributed by atoms with van der Waals surface area (Å²) in [6, 6.07) is 11.5. The summed E-state index contributed by atoms with van der Waals surface area (Å²) in [5, 5.41) is 10.9. The number of ketones is 1. The number of hydrogen-bond donors (Lipinski definition) is 1. The number of aliphatic hydroxyl groups is 1. The molecule has 1 aliphatic heterocycles. The van der Waals surface area contributed by atoms with Crippen LogP contribution in [-0.4, -0.2) is 21.8 Å². The van der Waals surface area contributed by atoms with Crippen LogP contribution in [-0.2, 0) is 9.59 Å². The first kappa shape index (κ1) is 18.7. The van der Waals surface area contributed by atoms with E-state index in [0.717, 1.165) is 11.1 Å². The molecule has 4 rings (SSSR count). The third-order valence-corrected chi connectivity index (χ3v) is 4.91. The van der Waals surface area contributed by atoms with E-state index in [1.165, 1.54) is 17.3 Å². The highest BCUT2D eigenvalue weighted by molar-refractivity contribution is 6.51. The normalized spacial score (nSPS) is 18.4. The summed E-state index contributed by atoms with van der Waals surface area (Å²) >= 11 is 0. The van der Waals surface area contributed by atoms with Gasteiger partial charge < -0.3 is 9.52 Å². The lowest BCUT2D eigenvalue weighted by molar-refractivity contribution is -0.132. The second-order valence-corrected chi connectivity index (χ2v) is 7.20. The molecule has 6 nitrogen and oxygen atoms in total. The maximum Gasteiger partial charge on any atom is 0.300 e. The van der Waals surface area contributed by atoms with Crippen LogP contribution in [0.2, 0.25) is 0 Å². The molecule has 1 atom stereocenters. The lowest BCUT2D eigenvalue weighted by Gasteiger charge is -2.24. The minimum atomic E-state index is -0.863. The molecule has 146 valence electrons. The van der Waals surface area contributed by atoms with E-state index in [0.29, 0.717) is 22.8 Å². The number of hydrogen-bond acceptors (Lipinski definition) is 5. The number of carbonyl (C=O) groups excluding carboxylic acids is 2. The van der Waals surface area contributed by atoms with E-state index >= 15 is 0 Å². The van der Waals surface area contributed by atoms with E-state index in [1.54, 1.807) is 31.2 Å². The van der Waals surface area contributed by atoms with Crippen molar-refractivity contribution in [3.63, 3.8) is 0 Å². The summed E-state index contributed by atoms with van der Waals surface area (Å²) in [6.45, 7) is 5.64. The Labute approximate surface area is 168 Å². The fourth-order valence-electron chi connectivity index (χ4n) is 3.72. The molecule has 3 aromatic rings. The first-order valence-corrected chi connectivity index (χ1v) is 9.23. The predicted octanol–water partition coefficient (Wildman–Crippen LogP) is 4.23. The van der Waals surface area contributed by atoms with Crippen molar-refractivity contribution in [2.75, 3.05) is 4.90 Å². The number of amides is 1. The average Bonchev–Trinajstić information content (AvgIpc) is 3.22. The number of rotatable bonds is 3. The minimum Gasteiger partial charge on any atom is -0.507 e. The Balaban J connectivity index is 1.96. The van der Waals surface area contributed by atoms with Crippen molar-refractivity contribution >= 4 is 23.1 Å². The molecule has 0 spiro atoms. The van der Waals surface area contributed by atoms with Crippen molar-refractivity contribution in [2.24, 2.45) is 0 Å². The number of benzene rings is 1. The topological polar surface area (TPSA) is 83.6 Å². The van der Waals surface area contributed by atoms with Crippen LogP contribution in [0.4, 0.5) is 5.69 Å². The van der Waals surface area contributed by atoms with Crippen LogP contribution in [0, 0.1) is 20.8 Å². The molecular weight excluding hydrogens is 368 g/mol. The lowest BCUT2D eigenvalue weighted by Crippen LogP contribution is -2.29. The van der Waals surface area contributed by atoms with E-state index < -0.39 is 17.7 Å². The molecule has 1 N–H and O–H groups in total. The number of nitrogens with zero attached hydrogens (tertiary/aromatic N) is 2. The molecule has 2 aromatic heterocycles. The van der Waals surface area contributed by atoms with Crippen molar-refractivity contribution in [2.45, 2.75) is 26.8 Å². The van der Waals surface area contributed by atoms with Gasteiger partial charge in [-0.1, -0.05) is 6.07 Å². The van der Waals surface area contributed by atoms with Gasteiger partial charge in [0.2, 0.25) is 0 Å². The molecule has 1 fully saturated rings. The third kappa shape index (κ3) is 3.23. The van der Waals surface area contributed by atoms with Crippen LogP contribution in [0.5, 0.6) is 0 Å². The zero-order valence-corrected chi connectivity index (χ0v) is 16.3. The number of furan rings is 1. The van der Waals surface area contributed by atoms with Crippen LogP contribution >= 0.6 is 0 Å². The number of aromatic nitrogens is 1. The van der Waals surface area contributed by atoms with Crippen LogP contribution in [0.1, 0.15) is 34.3 Å². The van der Waals surface area contributed by atoms with Gasteiger partial charge in [-0.2, -0.15) is 0 Å². The number of pyridine rings is 1. The molecule has 0 radical (unpaired) electrons. The molecule has 0 bridgehead atoms. The molecule has 0 saturated carbocycles. The molecule has 0 aliphatic carbocycles. The molecule has 1 aromatic carbocycles. The third-order valence-electron chi connectivity index (χ3n) is 4.91. The molecular formula is C23H20N2O4. The van der Waals surface area contributed by atoms with E-state index in [-0.39, 0.29) is 11.3 Å². The monoisotopic (exact) mass is 388 g/mol. The van der Waals surface area contributed by atoms with Gasteiger partial charge in [0.15, 0.2) is 0 Å². The minimum absolute atomic E-state index is 0.00490. The maximum atomic E-state index is 13.0. The number of aryl methyl sites for hydroxylation is 3. The fourth-order valence-corrected chi connectivity index (χ4v) is 3.72. The number of Topliss-reactive ketones (excluding diaryl/α,β-unsaturated/α-hetero) is 1. The summed E-state index contributed by atoms with van der Waals surface area (Å²) in [6.07, 6.45) is 3.03. The summed E-state index contributed by atoms with van der Waals surface area (Å²) in [4.78, 5) is 31.4. The zero-order valence-electron chi connectivity index (χ0n) is 16.3. The van der Waals surface area contributed by atoms with E-state index in [2.05, 4.69) is 4.98 Å². The quantitative estimate of drug-likeness (QED) is 0.412. The molecule has 1 unspecified atom stereocenters. The smallest absolute Gasteiger partial charge is 0.300 e. The SMILES string of the molecule is Cc1cc(C)cc(N2C(=O)C(=O)/C(=C(\O)c3ccncc3)C2c2ccc(C)o2)c1. The lowest BCUT2D eigenvalue weighted by atomic mass is 9.99. The zero-order chi connectivity index (χ0) is 20.7. The maximum absolute atomic E-state index is 13.0. The van der Waals surface area contributed by atoms with Crippen LogP contribution in [0.25, 0.3) is 5.76 Å². The Hall–Kier alpha value is -3.67. The van der Waals surface area contributed by atoms with Gasteiger partial charge in [-0.25, -0.2) is 0 Å². The van der Waals surface area contributed by atoms with E-state index in [1.807, 2.05) is 32.0 Å². The first-order chi connectivity index (χ1) is 13.9. The Kier molecular flexibility index (Phi) is 4.54. The Morgan fingerprint density at radius 1 is 1.00 bits per heavy atom. The number of aliphatic hydroxyl groups excluding tert-OH is 1. The second kappa shape index (κ2) is 7.05. The largest absolute Gasteiger partial charge is 0.507 e. The molecule has 1 aliphatic rings. The summed E-state index contributed by atoms with van der Waals surface area (Å²) < 4.78 is 5.79. The predicted molar refractivity (Wildman–Crippen MR) is 108 cm³/mol. The highest BCUT2D eigenvalue weighted by atomic mass is 16.3. The second-order valence-electron chi connectivity index (χ2n) is 7.20. The summed E-state index contributed by atoms with van der Waals surface area (Å²) in [7, 11) is 0. The average molecular weight is 388 g/mol. The van der Waals surface area contributed by atoms with Crippen molar-refractivity contribution < 1.29 is 19.1 Å². The van der Waals surface area contributed by atoms with Crippen molar-refractivity contribution in [1.29, 1.82) is 0 Å². The van der Waals surface area contributed by atoms with Gasteiger partial charge in [-0.15, -0.1) is 0 Å². The Bertz CT molecular complexity index is 1120. The van der Waals surface area contributed by atoms with Crippen molar-refractivity contribution in [3.05, 3.63) is 88.6 Å². The van der Waals surface area contributed by atoms with Crippen LogP contribution in [0.3, 0.4) is 0 Å². The number of carbonyl (C=O) groups is 2. The van der Waals surface area contributed by atoms with Gasteiger partial charge in [0, 0.05) is 23.6 Å². The molecule has 29 heavy (non-hydrogen) atoms. The Morgan fingerprint density at radius 3 is 2.24 bits per heavy atom. The molecule has 3 heterocycles. The van der Waals surface area contributed by atoms with Gasteiger partial charge in [0.1, 0.15) is 23.3 Å². The van der Waals surface area contributed by atoms with Gasteiger partial charge >= 0.3 is 0 Å². The van der Waals surface area contributed by atoms with Gasteiger partial charge in [-0.3, -0.25) is 19.5 Å². The first-order valence-electron chi connectivity index (χ1n) is 9.23. The standard InChI is InChI=1S/C23H20N2O4/c1-13-10-14(2)12-17(11-13)25-20(18-5-4-15(3)29-18)19(22(27)23(25)28)21(26)16-6-8-24-9-7-16/h4-12,20,26H,1-3H3/b21-19-. The highest BCUT2D eigenvalue weighted by Crippen LogP contribution is 2.42. The summed E-state index contributed by atoms with van der Waals surface area (Å²) in [5.41, 5.74) is 2.91. The fraction of sp³-hybridized carbons (Fsp3) is 0.174. The van der Waals surface area contributed by atoms with Gasteiger partial charge in [0.05, 0.1) is 5.57 Å². The van der Waals surface area contributed by atoms with Crippen molar-refractivity contribution in [3.8, 4) is 0 Å². The molecule has 1 saturated heterocycles. The molecule has 6 heteroatoms. The summed E-state index contributed by atoms with van der Waals surface area (Å²) in [5.74, 6) is -0.648. The Morgan fingerprint density at radius 2 is 1.66 bits per heavy atom. The van der Waals surface area contributed by atoms with Crippen LogP contribution in [0.15, 0.2) is 64.8 Å².